The number of carboxylic acids is 1. The molecule has 8 atom stereocenters. The summed E-state index contributed by atoms with van der Waals surface area (Å²) in [5.74, 6) is 0.104. The number of fused-ring (bicyclic) bond motifs is 7. The van der Waals surface area contributed by atoms with E-state index in [4.69, 9.17) is 4.74 Å². The van der Waals surface area contributed by atoms with E-state index in [9.17, 15) is 19.5 Å². The molecule has 4 saturated carbocycles. The second kappa shape index (κ2) is 10.4. The van der Waals surface area contributed by atoms with Gasteiger partial charge in [-0.15, -0.1) is 0 Å². The van der Waals surface area contributed by atoms with Gasteiger partial charge < -0.3 is 15.2 Å². The molecule has 236 valence electrons. The van der Waals surface area contributed by atoms with Crippen molar-refractivity contribution in [2.45, 2.75) is 139 Å². The summed E-state index contributed by atoms with van der Waals surface area (Å²) in [6.07, 6.45) is 13.8. The maximum Gasteiger partial charge on any atom is 0.322 e. The summed E-state index contributed by atoms with van der Waals surface area (Å²) in [6.45, 7) is 18.7. The highest BCUT2D eigenvalue weighted by atomic mass is 16.5. The summed E-state index contributed by atoms with van der Waals surface area (Å²) >= 11 is 0. The molecular formula is C36H57NO5. The highest BCUT2D eigenvalue weighted by Crippen LogP contribution is 2.75. The Hall–Kier alpha value is -1.85. The van der Waals surface area contributed by atoms with Crippen LogP contribution < -0.4 is 5.32 Å². The van der Waals surface area contributed by atoms with Crippen LogP contribution >= 0.6 is 0 Å². The zero-order valence-corrected chi connectivity index (χ0v) is 27.7. The molecule has 0 heterocycles. The number of rotatable bonds is 6. The van der Waals surface area contributed by atoms with Crippen LogP contribution in [0.4, 0.5) is 0 Å². The second-order valence-corrected chi connectivity index (χ2v) is 17.0. The van der Waals surface area contributed by atoms with Crippen molar-refractivity contribution in [1.29, 1.82) is 0 Å². The van der Waals surface area contributed by atoms with E-state index >= 15 is 0 Å². The quantitative estimate of drug-likeness (QED) is 0.247. The molecule has 4 unspecified atom stereocenters. The number of esters is 1. The molecular weight excluding hydrogens is 526 g/mol. The van der Waals surface area contributed by atoms with E-state index in [-0.39, 0.29) is 57.5 Å². The van der Waals surface area contributed by atoms with Crippen LogP contribution in [0, 0.1) is 50.2 Å². The van der Waals surface area contributed by atoms with Gasteiger partial charge in [0.2, 0.25) is 5.91 Å². The molecule has 6 nitrogen and oxygen atoms in total. The number of amides is 1. The molecule has 0 saturated heterocycles. The summed E-state index contributed by atoms with van der Waals surface area (Å²) in [5, 5.41) is 12.1. The van der Waals surface area contributed by atoms with Gasteiger partial charge in [0.25, 0.3) is 0 Å². The molecule has 0 spiro atoms. The van der Waals surface area contributed by atoms with Gasteiger partial charge in [0.1, 0.15) is 12.6 Å². The third-order valence-corrected chi connectivity index (χ3v) is 14.2. The molecule has 1 amide bonds. The van der Waals surface area contributed by atoms with E-state index in [1.165, 1.54) is 5.57 Å². The van der Waals surface area contributed by atoms with E-state index < -0.39 is 11.4 Å². The smallest absolute Gasteiger partial charge is 0.322 e. The van der Waals surface area contributed by atoms with Crippen molar-refractivity contribution >= 4 is 17.8 Å². The van der Waals surface area contributed by atoms with Gasteiger partial charge >= 0.3 is 11.9 Å². The Kier molecular flexibility index (Phi) is 7.79. The minimum absolute atomic E-state index is 0.00709. The second-order valence-electron chi connectivity index (χ2n) is 17.0. The zero-order chi connectivity index (χ0) is 30.9. The van der Waals surface area contributed by atoms with Crippen LogP contribution in [-0.2, 0) is 19.1 Å². The van der Waals surface area contributed by atoms with Crippen molar-refractivity contribution < 1.29 is 24.2 Å². The Morgan fingerprint density at radius 1 is 0.929 bits per heavy atom. The van der Waals surface area contributed by atoms with Crippen molar-refractivity contribution in [2.75, 3.05) is 6.54 Å². The summed E-state index contributed by atoms with van der Waals surface area (Å²) < 4.78 is 6.13. The number of carbonyl (C=O) groups is 3. The fraction of sp³-hybridized carbons (Fsp3) is 0.861. The molecule has 42 heavy (non-hydrogen) atoms. The third kappa shape index (κ3) is 4.59. The first kappa shape index (κ1) is 31.6. The fourth-order valence-electron chi connectivity index (χ4n) is 11.6. The molecule has 0 aromatic rings. The van der Waals surface area contributed by atoms with Gasteiger partial charge in [-0.3, -0.25) is 14.4 Å². The number of nitrogens with one attached hydrogen (secondary N) is 1. The van der Waals surface area contributed by atoms with E-state index in [1.807, 2.05) is 6.92 Å². The van der Waals surface area contributed by atoms with Crippen molar-refractivity contribution in [1.82, 2.24) is 5.32 Å². The Bertz CT molecular complexity index is 1160. The van der Waals surface area contributed by atoms with Crippen LogP contribution in [0.2, 0.25) is 0 Å². The molecule has 6 heteroatoms. The van der Waals surface area contributed by atoms with Crippen LogP contribution in [0.3, 0.4) is 0 Å². The molecule has 5 aliphatic rings. The highest BCUT2D eigenvalue weighted by Gasteiger charge is 2.69. The first-order valence-corrected chi connectivity index (χ1v) is 16.9. The monoisotopic (exact) mass is 583 g/mol. The largest absolute Gasteiger partial charge is 0.480 e. The first-order valence-electron chi connectivity index (χ1n) is 16.9. The summed E-state index contributed by atoms with van der Waals surface area (Å²) in [7, 11) is 0. The van der Waals surface area contributed by atoms with Crippen molar-refractivity contribution in [3.8, 4) is 0 Å². The molecule has 0 aromatic carbocycles. The molecule has 0 radical (unpaired) electrons. The number of ether oxygens (including phenoxy) is 1. The maximum atomic E-state index is 13.8. The van der Waals surface area contributed by atoms with Crippen LogP contribution in [0.5, 0.6) is 0 Å². The predicted molar refractivity (Wildman–Crippen MR) is 164 cm³/mol. The standard InChI is InChI=1S/C36H57NO5/c1-9-10-29(40)42-27-14-15-33(6)25(32(27,4)5)13-16-35(8)26(33)12-11-23-24-21-31(2,3)17-19-36(24,20-18-34(23,35)7)30(41)37-22-28(38)39/h11,24-27H,9-10,12-22H2,1-8H3,(H,37,41)(H,38,39)/t24?,25?,26?,27-,33+,34-,35?,36+/m1/s1. The lowest BCUT2D eigenvalue weighted by Crippen LogP contribution is -2.65. The number of carbonyl (C=O) groups excluding carboxylic acids is 2. The summed E-state index contributed by atoms with van der Waals surface area (Å²) in [5.41, 5.74) is 1.36. The van der Waals surface area contributed by atoms with Gasteiger partial charge in [-0.1, -0.05) is 67.0 Å². The summed E-state index contributed by atoms with van der Waals surface area (Å²) in [4.78, 5) is 37.7. The van der Waals surface area contributed by atoms with Gasteiger partial charge in [0.05, 0.1) is 5.41 Å². The van der Waals surface area contributed by atoms with Crippen molar-refractivity contribution in [3.05, 3.63) is 11.6 Å². The van der Waals surface area contributed by atoms with Gasteiger partial charge in [-0.25, -0.2) is 0 Å². The topological polar surface area (TPSA) is 92.7 Å². The fourth-order valence-corrected chi connectivity index (χ4v) is 11.6. The highest BCUT2D eigenvalue weighted by molar-refractivity contribution is 5.87. The third-order valence-electron chi connectivity index (χ3n) is 14.2. The zero-order valence-electron chi connectivity index (χ0n) is 27.7. The number of hydrogen-bond donors (Lipinski definition) is 2. The molecule has 4 fully saturated rings. The van der Waals surface area contributed by atoms with E-state index in [0.717, 1.165) is 70.6 Å². The number of aliphatic carboxylic acids is 1. The lowest BCUT2D eigenvalue weighted by molar-refractivity contribution is -0.213. The molecule has 0 aromatic heterocycles. The lowest BCUT2D eigenvalue weighted by atomic mass is 9.33. The molecule has 0 aliphatic heterocycles. The number of allylic oxidation sites excluding steroid dienone is 2. The van der Waals surface area contributed by atoms with Crippen LogP contribution in [0.25, 0.3) is 0 Å². The Labute approximate surface area is 254 Å². The molecule has 2 N–H and O–H groups in total. The molecule has 5 rings (SSSR count). The van der Waals surface area contributed by atoms with Crippen LogP contribution in [0.15, 0.2) is 11.6 Å². The molecule has 5 aliphatic carbocycles. The first-order chi connectivity index (χ1) is 19.5. The minimum Gasteiger partial charge on any atom is -0.480 e. The Morgan fingerprint density at radius 2 is 1.62 bits per heavy atom. The summed E-state index contributed by atoms with van der Waals surface area (Å²) in [6, 6.07) is 0. The average Bonchev–Trinajstić information content (AvgIpc) is 2.89. The van der Waals surface area contributed by atoms with Gasteiger partial charge in [0.15, 0.2) is 0 Å². The Morgan fingerprint density at radius 3 is 2.29 bits per heavy atom. The van der Waals surface area contributed by atoms with Crippen LogP contribution in [0.1, 0.15) is 132 Å². The Balaban J connectivity index is 1.49. The lowest BCUT2D eigenvalue weighted by Gasteiger charge is -2.71. The predicted octanol–water partition coefficient (Wildman–Crippen LogP) is 7.70. The number of hydrogen-bond acceptors (Lipinski definition) is 4. The van der Waals surface area contributed by atoms with E-state index in [1.54, 1.807) is 0 Å². The molecule has 0 bridgehead atoms. The van der Waals surface area contributed by atoms with Crippen molar-refractivity contribution in [2.24, 2.45) is 50.2 Å². The van der Waals surface area contributed by atoms with Crippen molar-refractivity contribution in [3.63, 3.8) is 0 Å². The maximum absolute atomic E-state index is 13.8. The van der Waals surface area contributed by atoms with Gasteiger partial charge in [-0.05, 0) is 110 Å². The normalized spacial score (nSPS) is 43.4. The van der Waals surface area contributed by atoms with Crippen LogP contribution in [-0.4, -0.2) is 35.6 Å². The average molecular weight is 584 g/mol. The minimum atomic E-state index is -0.983. The van der Waals surface area contributed by atoms with Gasteiger partial charge in [-0.2, -0.15) is 0 Å². The van der Waals surface area contributed by atoms with Gasteiger partial charge in [0, 0.05) is 11.8 Å². The van der Waals surface area contributed by atoms with E-state index in [2.05, 4.69) is 59.9 Å². The SMILES string of the molecule is CCCC(=O)O[C@@H]1CC[C@@]2(C)C(CCC3(C)C2CC=C2C4CC(C)(C)CC[C@]4(C(=O)NCC(=O)O)CC[C@]23C)C1(C)C. The van der Waals surface area contributed by atoms with E-state index in [0.29, 0.717) is 18.3 Å². The number of carboxylic acid groups (broad SMARTS) is 1.